The summed E-state index contributed by atoms with van der Waals surface area (Å²) in [7, 11) is -4.04. The first-order chi connectivity index (χ1) is 18.0. The zero-order chi connectivity index (χ0) is 27.1. The Morgan fingerprint density at radius 1 is 1.00 bits per heavy atom. The molecule has 1 atom stereocenters. The number of ether oxygens (including phenoxy) is 1. The van der Waals surface area contributed by atoms with Gasteiger partial charge in [-0.2, -0.15) is 13.2 Å². The molecular formula is C26H20F4N4O3S. The Hall–Kier alpha value is -4.06. The van der Waals surface area contributed by atoms with Crippen molar-refractivity contribution < 1.29 is 30.7 Å². The van der Waals surface area contributed by atoms with Crippen LogP contribution in [0.2, 0.25) is 0 Å². The van der Waals surface area contributed by atoms with Crippen LogP contribution in [0.15, 0.2) is 71.9 Å². The zero-order valence-corrected chi connectivity index (χ0v) is 20.6. The van der Waals surface area contributed by atoms with Gasteiger partial charge in [0.15, 0.2) is 0 Å². The lowest BCUT2D eigenvalue weighted by Crippen LogP contribution is -2.19. The van der Waals surface area contributed by atoms with E-state index in [4.69, 9.17) is 4.74 Å². The smallest absolute Gasteiger partial charge is 0.416 e. The van der Waals surface area contributed by atoms with Crippen LogP contribution in [0.25, 0.3) is 11.3 Å². The lowest BCUT2D eigenvalue weighted by molar-refractivity contribution is -0.137. The minimum atomic E-state index is -4.59. The number of anilines is 1. The molecule has 0 amide bonds. The van der Waals surface area contributed by atoms with Crippen molar-refractivity contribution in [3.63, 3.8) is 0 Å². The van der Waals surface area contributed by atoms with Gasteiger partial charge < -0.3 is 4.74 Å². The maximum absolute atomic E-state index is 13.9. The molecule has 1 N–H and O–H groups in total. The molecule has 0 saturated carbocycles. The van der Waals surface area contributed by atoms with Crippen molar-refractivity contribution >= 4 is 16.0 Å². The molecule has 12 heteroatoms. The van der Waals surface area contributed by atoms with Gasteiger partial charge in [0, 0.05) is 35.5 Å². The van der Waals surface area contributed by atoms with E-state index in [0.29, 0.717) is 17.5 Å². The molecule has 1 aliphatic rings. The summed E-state index contributed by atoms with van der Waals surface area (Å²) in [4.78, 5) is 11.8. The first kappa shape index (κ1) is 25.6. The molecule has 0 saturated heterocycles. The Labute approximate surface area is 215 Å². The van der Waals surface area contributed by atoms with E-state index in [0.717, 1.165) is 12.1 Å². The number of benzene rings is 2. The van der Waals surface area contributed by atoms with Crippen LogP contribution in [0.4, 0.5) is 23.5 Å². The highest BCUT2D eigenvalue weighted by Crippen LogP contribution is 2.44. The number of nitrogens with one attached hydrogen (secondary N) is 1. The fourth-order valence-electron chi connectivity index (χ4n) is 4.34. The first-order valence-electron chi connectivity index (χ1n) is 11.4. The molecule has 0 aliphatic carbocycles. The molecule has 38 heavy (non-hydrogen) atoms. The van der Waals surface area contributed by atoms with Crippen molar-refractivity contribution in [3.05, 3.63) is 95.2 Å². The summed E-state index contributed by atoms with van der Waals surface area (Å²) in [5.74, 6) is -0.806. The summed E-state index contributed by atoms with van der Waals surface area (Å²) < 4.78 is 88.4. The van der Waals surface area contributed by atoms with Gasteiger partial charge in [-0.1, -0.05) is 12.1 Å². The van der Waals surface area contributed by atoms with Crippen LogP contribution in [0, 0.1) is 12.7 Å². The number of sulfonamides is 1. The molecule has 0 bridgehead atoms. The van der Waals surface area contributed by atoms with E-state index in [1.807, 2.05) is 0 Å². The maximum atomic E-state index is 13.9. The highest BCUT2D eigenvalue weighted by atomic mass is 32.2. The van der Waals surface area contributed by atoms with Crippen LogP contribution in [-0.4, -0.2) is 30.0 Å². The number of alkyl halides is 3. The second-order valence-electron chi connectivity index (χ2n) is 8.63. The monoisotopic (exact) mass is 544 g/mol. The summed E-state index contributed by atoms with van der Waals surface area (Å²) >= 11 is 0. The van der Waals surface area contributed by atoms with Gasteiger partial charge in [0.1, 0.15) is 11.6 Å². The van der Waals surface area contributed by atoms with E-state index in [-0.39, 0.29) is 40.2 Å². The largest absolute Gasteiger partial charge is 0.493 e. The minimum Gasteiger partial charge on any atom is -0.493 e. The van der Waals surface area contributed by atoms with Crippen LogP contribution in [0.3, 0.4) is 0 Å². The Kier molecular flexibility index (Phi) is 6.51. The van der Waals surface area contributed by atoms with Crippen LogP contribution in [-0.2, 0) is 16.2 Å². The molecule has 0 radical (unpaired) electrons. The molecular weight excluding hydrogens is 524 g/mol. The average Bonchev–Trinajstić information content (AvgIpc) is 2.89. The number of hydrogen-bond acceptors (Lipinski definition) is 6. The summed E-state index contributed by atoms with van der Waals surface area (Å²) in [5, 5.41) is 0. The van der Waals surface area contributed by atoms with Crippen molar-refractivity contribution in [2.75, 3.05) is 11.3 Å². The second kappa shape index (κ2) is 9.67. The fourth-order valence-corrected chi connectivity index (χ4v) is 5.32. The summed E-state index contributed by atoms with van der Waals surface area (Å²) in [6, 6.07) is 11.8. The van der Waals surface area contributed by atoms with E-state index in [1.54, 1.807) is 12.1 Å². The van der Waals surface area contributed by atoms with Gasteiger partial charge in [-0.3, -0.25) is 4.98 Å². The van der Waals surface area contributed by atoms with Crippen molar-refractivity contribution in [1.82, 2.24) is 15.0 Å². The predicted molar refractivity (Wildman–Crippen MR) is 131 cm³/mol. The van der Waals surface area contributed by atoms with Gasteiger partial charge in [-0.05, 0) is 55.3 Å². The van der Waals surface area contributed by atoms with Crippen molar-refractivity contribution in [3.8, 4) is 17.0 Å². The van der Waals surface area contributed by atoms with Gasteiger partial charge in [0.25, 0.3) is 10.0 Å². The second-order valence-corrected chi connectivity index (χ2v) is 10.3. The molecule has 196 valence electrons. The zero-order valence-electron chi connectivity index (χ0n) is 19.8. The summed E-state index contributed by atoms with van der Waals surface area (Å²) in [6.45, 7) is 1.64. The maximum Gasteiger partial charge on any atom is 0.416 e. The third-order valence-corrected chi connectivity index (χ3v) is 7.51. The number of aryl methyl sites for hydroxylation is 1. The van der Waals surface area contributed by atoms with Gasteiger partial charge in [0.05, 0.1) is 28.5 Å². The topological polar surface area (TPSA) is 94.1 Å². The Bertz CT molecular complexity index is 1610. The van der Waals surface area contributed by atoms with Gasteiger partial charge in [0.2, 0.25) is 5.95 Å². The quantitative estimate of drug-likeness (QED) is 0.323. The minimum absolute atomic E-state index is 0.0583. The van der Waals surface area contributed by atoms with Crippen molar-refractivity contribution in [1.29, 1.82) is 0 Å². The summed E-state index contributed by atoms with van der Waals surface area (Å²) in [6.07, 6.45) is -1.38. The molecule has 2 aromatic heterocycles. The third kappa shape index (κ3) is 5.03. The third-order valence-electron chi connectivity index (χ3n) is 6.18. The Morgan fingerprint density at radius 2 is 1.74 bits per heavy atom. The SMILES string of the molecule is Cc1nc(-c2cc(C(F)(F)F)ccc2C2CCOc3cc(S(=O)(=O)Nc4ncccn4)ccc32)ccc1F. The van der Waals surface area contributed by atoms with Crippen LogP contribution in [0.5, 0.6) is 5.75 Å². The standard InChI is InChI=1S/C26H20F4N4O3S/c1-15-22(27)7-8-23(33-15)21-13-16(26(28,29)30)3-5-18(21)19-9-12-37-24-14-17(4-6-20(19)24)38(35,36)34-25-31-10-2-11-32-25/h2-8,10-11,13-14,19H,9,12H2,1H3,(H,31,32,34). The summed E-state index contributed by atoms with van der Waals surface area (Å²) in [5.41, 5.74) is 0.745. The number of pyridine rings is 1. The van der Waals surface area contributed by atoms with Crippen LogP contribution >= 0.6 is 0 Å². The molecule has 1 unspecified atom stereocenters. The van der Waals surface area contributed by atoms with Gasteiger partial charge in [-0.25, -0.2) is 27.5 Å². The molecule has 4 aromatic rings. The van der Waals surface area contributed by atoms with Crippen molar-refractivity contribution in [2.24, 2.45) is 0 Å². The lowest BCUT2D eigenvalue weighted by atomic mass is 9.82. The number of fused-ring (bicyclic) bond motifs is 1. The molecule has 5 rings (SSSR count). The van der Waals surface area contributed by atoms with Crippen LogP contribution in [0.1, 0.15) is 34.7 Å². The van der Waals surface area contributed by atoms with Crippen LogP contribution < -0.4 is 9.46 Å². The van der Waals surface area contributed by atoms with E-state index in [1.165, 1.54) is 49.6 Å². The van der Waals surface area contributed by atoms with E-state index in [9.17, 15) is 26.0 Å². The number of hydrogen-bond donors (Lipinski definition) is 1. The number of halogens is 4. The molecule has 0 spiro atoms. The molecule has 1 aliphatic heterocycles. The molecule has 7 nitrogen and oxygen atoms in total. The molecule has 0 fully saturated rings. The Morgan fingerprint density at radius 3 is 2.45 bits per heavy atom. The van der Waals surface area contributed by atoms with E-state index in [2.05, 4.69) is 19.7 Å². The van der Waals surface area contributed by atoms with E-state index >= 15 is 0 Å². The first-order valence-corrected chi connectivity index (χ1v) is 12.9. The normalized spacial score (nSPS) is 15.4. The Balaban J connectivity index is 1.58. The highest BCUT2D eigenvalue weighted by molar-refractivity contribution is 7.92. The van der Waals surface area contributed by atoms with Crippen molar-refractivity contribution in [2.45, 2.75) is 30.3 Å². The highest BCUT2D eigenvalue weighted by Gasteiger charge is 2.33. The van der Waals surface area contributed by atoms with Gasteiger partial charge in [-0.15, -0.1) is 0 Å². The number of aromatic nitrogens is 3. The van der Waals surface area contributed by atoms with Gasteiger partial charge >= 0.3 is 6.18 Å². The lowest BCUT2D eigenvalue weighted by Gasteiger charge is -2.28. The van der Waals surface area contributed by atoms with E-state index < -0.39 is 33.5 Å². The predicted octanol–water partition coefficient (Wildman–Crippen LogP) is 5.72. The number of nitrogens with zero attached hydrogens (tertiary/aromatic N) is 3. The molecule has 2 aromatic carbocycles. The fraction of sp³-hybridized carbons (Fsp3) is 0.192. The molecule has 3 heterocycles. The average molecular weight is 545 g/mol. The number of rotatable bonds is 5.